The van der Waals surface area contributed by atoms with Crippen LogP contribution in [-0.4, -0.2) is 6.54 Å². The first-order valence-corrected chi connectivity index (χ1v) is 8.80. The molecule has 0 heterocycles. The molecule has 0 bridgehead atoms. The van der Waals surface area contributed by atoms with Gasteiger partial charge in [-0.05, 0) is 43.9 Å². The molecule has 1 saturated carbocycles. The largest absolute Gasteiger partial charge is 0.310 e. The van der Waals surface area contributed by atoms with Crippen molar-refractivity contribution in [2.24, 2.45) is 5.92 Å². The summed E-state index contributed by atoms with van der Waals surface area (Å²) in [5.41, 5.74) is 0.221. The van der Waals surface area contributed by atoms with Crippen LogP contribution in [0.2, 0.25) is 0 Å². The van der Waals surface area contributed by atoms with Gasteiger partial charge >= 0.3 is 0 Å². The lowest BCUT2D eigenvalue weighted by Gasteiger charge is -2.28. The highest BCUT2D eigenvalue weighted by atomic mass is 79.9. The molecule has 0 aromatic heterocycles. The normalized spacial score (nSPS) is 18.5. The molecule has 21 heavy (non-hydrogen) atoms. The second kappa shape index (κ2) is 8.23. The van der Waals surface area contributed by atoms with E-state index in [2.05, 4.69) is 28.2 Å². The van der Waals surface area contributed by atoms with Crippen molar-refractivity contribution in [1.82, 2.24) is 5.32 Å². The average Bonchev–Trinajstić information content (AvgIpc) is 2.70. The van der Waals surface area contributed by atoms with E-state index in [-0.39, 0.29) is 11.6 Å². The van der Waals surface area contributed by atoms with Crippen LogP contribution in [0.4, 0.5) is 8.78 Å². The molecule has 2 rings (SSSR count). The Bertz CT molecular complexity index is 433. The molecule has 1 aromatic rings. The summed E-state index contributed by atoms with van der Waals surface area (Å²) in [6.45, 7) is 2.86. The van der Waals surface area contributed by atoms with E-state index in [1.807, 2.05) is 0 Å². The SMILES string of the molecule is CCCNC(c1c(F)cc(Br)cc1F)C1CCCCCC1. The Morgan fingerprint density at radius 1 is 1.14 bits per heavy atom. The van der Waals surface area contributed by atoms with E-state index < -0.39 is 11.6 Å². The van der Waals surface area contributed by atoms with Gasteiger partial charge in [0.25, 0.3) is 0 Å². The van der Waals surface area contributed by atoms with Crippen molar-refractivity contribution in [2.45, 2.75) is 57.9 Å². The van der Waals surface area contributed by atoms with Crippen molar-refractivity contribution in [3.63, 3.8) is 0 Å². The van der Waals surface area contributed by atoms with Crippen LogP contribution in [0, 0.1) is 17.6 Å². The highest BCUT2D eigenvalue weighted by Gasteiger charge is 2.28. The van der Waals surface area contributed by atoms with Crippen LogP contribution in [0.5, 0.6) is 0 Å². The predicted octanol–water partition coefficient (Wildman–Crippen LogP) is 5.74. The van der Waals surface area contributed by atoms with Gasteiger partial charge in [-0.1, -0.05) is 48.5 Å². The molecule has 0 amide bonds. The highest BCUT2D eigenvalue weighted by Crippen LogP contribution is 2.36. The smallest absolute Gasteiger partial charge is 0.132 e. The van der Waals surface area contributed by atoms with Gasteiger partial charge in [-0.2, -0.15) is 0 Å². The third kappa shape index (κ3) is 4.49. The maximum absolute atomic E-state index is 14.3. The Hall–Kier alpha value is -0.480. The Morgan fingerprint density at radius 3 is 2.24 bits per heavy atom. The van der Waals surface area contributed by atoms with Crippen molar-refractivity contribution in [2.75, 3.05) is 6.54 Å². The monoisotopic (exact) mass is 359 g/mol. The lowest BCUT2D eigenvalue weighted by Crippen LogP contribution is -2.30. The molecule has 0 saturated heterocycles. The van der Waals surface area contributed by atoms with Gasteiger partial charge in [0.15, 0.2) is 0 Å². The zero-order valence-corrected chi connectivity index (χ0v) is 14.2. The fraction of sp³-hybridized carbons (Fsp3) is 0.647. The minimum absolute atomic E-state index is 0.212. The number of hydrogen-bond donors (Lipinski definition) is 1. The van der Waals surface area contributed by atoms with Crippen LogP contribution in [-0.2, 0) is 0 Å². The van der Waals surface area contributed by atoms with Gasteiger partial charge in [0.05, 0.1) is 0 Å². The maximum atomic E-state index is 14.3. The lowest BCUT2D eigenvalue weighted by atomic mass is 9.86. The number of benzene rings is 1. The topological polar surface area (TPSA) is 12.0 Å². The molecule has 1 unspecified atom stereocenters. The summed E-state index contributed by atoms with van der Waals surface area (Å²) < 4.78 is 29.1. The molecule has 1 fully saturated rings. The molecule has 1 atom stereocenters. The maximum Gasteiger partial charge on any atom is 0.132 e. The van der Waals surface area contributed by atoms with Crippen molar-refractivity contribution >= 4 is 15.9 Å². The molecule has 0 spiro atoms. The second-order valence-electron chi connectivity index (χ2n) is 5.97. The zero-order valence-electron chi connectivity index (χ0n) is 12.6. The van der Waals surface area contributed by atoms with Crippen LogP contribution in [0.15, 0.2) is 16.6 Å². The van der Waals surface area contributed by atoms with Gasteiger partial charge in [0.1, 0.15) is 11.6 Å². The first kappa shape index (κ1) is 16.9. The van der Waals surface area contributed by atoms with Crippen molar-refractivity contribution in [3.05, 3.63) is 33.8 Å². The first-order chi connectivity index (χ1) is 10.1. The minimum atomic E-state index is -0.445. The molecule has 1 aliphatic carbocycles. The van der Waals surface area contributed by atoms with Crippen LogP contribution in [0.3, 0.4) is 0 Å². The molecule has 0 radical (unpaired) electrons. The van der Waals surface area contributed by atoms with Gasteiger partial charge < -0.3 is 5.32 Å². The molecular weight excluding hydrogens is 336 g/mol. The standard InChI is InChI=1S/C17H24BrF2N/c1-2-9-21-17(12-7-5-3-4-6-8-12)16-14(19)10-13(18)11-15(16)20/h10-12,17,21H,2-9H2,1H3. The van der Waals surface area contributed by atoms with Gasteiger partial charge in [0, 0.05) is 16.1 Å². The van der Waals surface area contributed by atoms with E-state index in [1.54, 1.807) is 0 Å². The number of rotatable bonds is 5. The Labute approximate surface area is 134 Å². The Balaban J connectivity index is 2.30. The summed E-state index contributed by atoms with van der Waals surface area (Å²) in [6, 6.07) is 2.53. The summed E-state index contributed by atoms with van der Waals surface area (Å²) >= 11 is 3.16. The number of halogens is 3. The number of hydrogen-bond acceptors (Lipinski definition) is 1. The van der Waals surface area contributed by atoms with E-state index in [0.29, 0.717) is 10.4 Å². The molecule has 1 N–H and O–H groups in total. The summed E-state index contributed by atoms with van der Waals surface area (Å²) in [7, 11) is 0. The fourth-order valence-electron chi connectivity index (χ4n) is 3.30. The Kier molecular flexibility index (Phi) is 6.62. The number of nitrogens with one attached hydrogen (secondary N) is 1. The molecule has 1 aromatic carbocycles. The molecule has 0 aliphatic heterocycles. The van der Waals surface area contributed by atoms with Crippen molar-refractivity contribution in [1.29, 1.82) is 0 Å². The van der Waals surface area contributed by atoms with E-state index >= 15 is 0 Å². The van der Waals surface area contributed by atoms with Crippen molar-refractivity contribution in [3.8, 4) is 0 Å². The summed E-state index contributed by atoms with van der Waals surface area (Å²) in [5, 5.41) is 3.39. The zero-order chi connectivity index (χ0) is 15.2. The van der Waals surface area contributed by atoms with Gasteiger partial charge in [0.2, 0.25) is 0 Å². The summed E-state index contributed by atoms with van der Waals surface area (Å²) in [6.07, 6.45) is 7.86. The average molecular weight is 360 g/mol. The second-order valence-corrected chi connectivity index (χ2v) is 6.88. The van der Waals surface area contributed by atoms with E-state index in [9.17, 15) is 8.78 Å². The van der Waals surface area contributed by atoms with Gasteiger partial charge in [-0.15, -0.1) is 0 Å². The fourth-order valence-corrected chi connectivity index (χ4v) is 3.70. The highest BCUT2D eigenvalue weighted by molar-refractivity contribution is 9.10. The molecule has 1 aliphatic rings. The van der Waals surface area contributed by atoms with E-state index in [4.69, 9.17) is 0 Å². The molecule has 4 heteroatoms. The molecule has 118 valence electrons. The van der Waals surface area contributed by atoms with E-state index in [1.165, 1.54) is 25.0 Å². The molecular formula is C17H24BrF2N. The van der Waals surface area contributed by atoms with Crippen molar-refractivity contribution < 1.29 is 8.78 Å². The van der Waals surface area contributed by atoms with Crippen LogP contribution in [0.25, 0.3) is 0 Å². The minimum Gasteiger partial charge on any atom is -0.310 e. The van der Waals surface area contributed by atoms with Gasteiger partial charge in [-0.25, -0.2) is 8.78 Å². The molecule has 1 nitrogen and oxygen atoms in total. The first-order valence-electron chi connectivity index (χ1n) is 8.01. The third-order valence-electron chi connectivity index (χ3n) is 4.34. The van der Waals surface area contributed by atoms with Gasteiger partial charge in [-0.3, -0.25) is 0 Å². The quantitative estimate of drug-likeness (QED) is 0.661. The summed E-state index contributed by atoms with van der Waals surface area (Å²) in [4.78, 5) is 0. The predicted molar refractivity (Wildman–Crippen MR) is 86.3 cm³/mol. The summed E-state index contributed by atoms with van der Waals surface area (Å²) in [5.74, 6) is -0.566. The lowest BCUT2D eigenvalue weighted by molar-refractivity contribution is 0.309. The Morgan fingerprint density at radius 2 is 1.71 bits per heavy atom. The van der Waals surface area contributed by atoms with E-state index in [0.717, 1.165) is 38.6 Å². The van der Waals surface area contributed by atoms with Crippen LogP contribution < -0.4 is 5.32 Å². The van der Waals surface area contributed by atoms with Crippen LogP contribution >= 0.6 is 15.9 Å². The van der Waals surface area contributed by atoms with Crippen LogP contribution in [0.1, 0.15) is 63.5 Å². The third-order valence-corrected chi connectivity index (χ3v) is 4.80.